The van der Waals surface area contributed by atoms with E-state index < -0.39 is 31.9 Å². The van der Waals surface area contributed by atoms with Gasteiger partial charge in [-0.1, -0.05) is 18.6 Å². The van der Waals surface area contributed by atoms with E-state index in [1.54, 1.807) is 0 Å². The second-order valence-corrected chi connectivity index (χ2v) is 6.98. The highest BCUT2D eigenvalue weighted by Gasteiger charge is 2.44. The monoisotopic (exact) mass is 319 g/mol. The van der Waals surface area contributed by atoms with Gasteiger partial charge in [0.05, 0.1) is 16.0 Å². The fraction of sp³-hybridized carbons (Fsp3) is 0.462. The smallest absolute Gasteiger partial charge is 0.341 e. The first-order valence-corrected chi connectivity index (χ1v) is 7.93. The van der Waals surface area contributed by atoms with Crippen molar-refractivity contribution in [1.82, 2.24) is 0 Å². The lowest BCUT2D eigenvalue weighted by molar-refractivity contribution is -0.153. The summed E-state index contributed by atoms with van der Waals surface area (Å²) in [4.78, 5) is 10.7. The number of benzene rings is 1. The van der Waals surface area contributed by atoms with Crippen LogP contribution in [0.2, 0.25) is 0 Å². The molecule has 0 aromatic heterocycles. The van der Waals surface area contributed by atoms with Crippen LogP contribution in [0.1, 0.15) is 19.3 Å². The molecule has 21 heavy (non-hydrogen) atoms. The molecule has 0 amide bonds. The van der Waals surface area contributed by atoms with Crippen LogP contribution in [0.5, 0.6) is 0 Å². The van der Waals surface area contributed by atoms with E-state index >= 15 is 0 Å². The number of carbonyl (C=O) groups is 1. The van der Waals surface area contributed by atoms with Crippen LogP contribution >= 0.6 is 0 Å². The number of rotatable bonds is 6. The second-order valence-electron chi connectivity index (χ2n) is 5.09. The van der Waals surface area contributed by atoms with Gasteiger partial charge in [-0.2, -0.15) is 8.78 Å². The molecule has 0 atom stereocenters. The predicted molar refractivity (Wildman–Crippen MR) is 72.0 cm³/mol. The number of carboxylic acids is 1. The second kappa shape index (κ2) is 5.59. The number of carboxylic acid groups (broad SMARTS) is 1. The molecule has 1 aromatic rings. The summed E-state index contributed by atoms with van der Waals surface area (Å²) in [6.45, 7) is 0.0120. The number of para-hydroxylation sites is 1. The van der Waals surface area contributed by atoms with Gasteiger partial charge in [0.25, 0.3) is 0 Å². The van der Waals surface area contributed by atoms with Gasteiger partial charge in [0.2, 0.25) is 9.84 Å². The third-order valence-corrected chi connectivity index (χ3v) is 5.25. The van der Waals surface area contributed by atoms with Crippen LogP contribution < -0.4 is 5.32 Å². The van der Waals surface area contributed by atoms with Crippen molar-refractivity contribution in [3.63, 3.8) is 0 Å². The SMILES string of the molecule is O=C(O)C1(CNc2ccccc2S(=O)(=O)C(F)F)CCC1. The minimum absolute atomic E-state index is 0.00493. The highest BCUT2D eigenvalue weighted by atomic mass is 32.2. The maximum atomic E-state index is 12.6. The molecule has 2 rings (SSSR count). The minimum Gasteiger partial charge on any atom is -0.481 e. The zero-order valence-electron chi connectivity index (χ0n) is 11.1. The first kappa shape index (κ1) is 15.7. The molecule has 0 radical (unpaired) electrons. The maximum Gasteiger partial charge on any atom is 0.341 e. The molecule has 1 saturated carbocycles. The number of sulfone groups is 1. The molecule has 5 nitrogen and oxygen atoms in total. The van der Waals surface area contributed by atoms with Crippen LogP contribution in [-0.2, 0) is 14.6 Å². The summed E-state index contributed by atoms with van der Waals surface area (Å²) in [5.41, 5.74) is -0.938. The molecule has 0 saturated heterocycles. The van der Waals surface area contributed by atoms with Crippen molar-refractivity contribution in [3.05, 3.63) is 24.3 Å². The van der Waals surface area contributed by atoms with Crippen molar-refractivity contribution >= 4 is 21.5 Å². The first-order valence-electron chi connectivity index (χ1n) is 6.38. The van der Waals surface area contributed by atoms with Crippen LogP contribution in [-0.4, -0.2) is 31.8 Å². The maximum absolute atomic E-state index is 12.6. The molecule has 1 aliphatic rings. The summed E-state index contributed by atoms with van der Waals surface area (Å²) in [5.74, 6) is -4.48. The van der Waals surface area contributed by atoms with Crippen LogP contribution in [0.4, 0.5) is 14.5 Å². The van der Waals surface area contributed by atoms with E-state index in [0.717, 1.165) is 12.5 Å². The molecule has 0 spiro atoms. The molecule has 1 aliphatic carbocycles. The van der Waals surface area contributed by atoms with E-state index in [4.69, 9.17) is 0 Å². The van der Waals surface area contributed by atoms with Crippen molar-refractivity contribution in [2.24, 2.45) is 5.41 Å². The summed E-state index contributed by atoms with van der Waals surface area (Å²) in [5, 5.41) is 11.9. The molecule has 1 aromatic carbocycles. The van der Waals surface area contributed by atoms with Gasteiger partial charge in [-0.05, 0) is 25.0 Å². The van der Waals surface area contributed by atoms with E-state index in [-0.39, 0.29) is 12.2 Å². The molecule has 2 N–H and O–H groups in total. The molecule has 0 unspecified atom stereocenters. The predicted octanol–water partition coefficient (Wildman–Crippen LogP) is 2.35. The summed E-state index contributed by atoms with van der Waals surface area (Å²) in [6.07, 6.45) is 1.75. The zero-order chi connectivity index (χ0) is 15.7. The fourth-order valence-electron chi connectivity index (χ4n) is 2.29. The Bertz CT molecular complexity index is 641. The highest BCUT2D eigenvalue weighted by Crippen LogP contribution is 2.41. The van der Waals surface area contributed by atoms with Crippen molar-refractivity contribution < 1.29 is 27.1 Å². The van der Waals surface area contributed by atoms with Gasteiger partial charge in [-0.3, -0.25) is 4.79 Å². The minimum atomic E-state index is -4.73. The quantitative estimate of drug-likeness (QED) is 0.841. The van der Waals surface area contributed by atoms with Gasteiger partial charge >= 0.3 is 11.7 Å². The van der Waals surface area contributed by atoms with Crippen molar-refractivity contribution in [3.8, 4) is 0 Å². The number of hydrogen-bond donors (Lipinski definition) is 2. The van der Waals surface area contributed by atoms with E-state index in [2.05, 4.69) is 5.32 Å². The fourth-order valence-corrected chi connectivity index (χ4v) is 3.20. The Morgan fingerprint density at radius 1 is 1.33 bits per heavy atom. The van der Waals surface area contributed by atoms with Gasteiger partial charge < -0.3 is 10.4 Å². The Labute approximate surface area is 120 Å². The molecule has 1 fully saturated rings. The van der Waals surface area contributed by atoms with Crippen molar-refractivity contribution in [2.45, 2.75) is 29.9 Å². The number of alkyl halides is 2. The van der Waals surface area contributed by atoms with E-state index in [0.29, 0.717) is 12.8 Å². The van der Waals surface area contributed by atoms with Crippen LogP contribution in [0.15, 0.2) is 29.2 Å². The Balaban J connectivity index is 2.24. The molecule has 0 bridgehead atoms. The van der Waals surface area contributed by atoms with Gasteiger partial charge in [0.15, 0.2) is 0 Å². The highest BCUT2D eigenvalue weighted by molar-refractivity contribution is 7.91. The van der Waals surface area contributed by atoms with Gasteiger partial charge in [-0.15, -0.1) is 0 Å². The van der Waals surface area contributed by atoms with Crippen molar-refractivity contribution in [1.29, 1.82) is 0 Å². The van der Waals surface area contributed by atoms with Crippen LogP contribution in [0.3, 0.4) is 0 Å². The Hall–Kier alpha value is -1.70. The summed E-state index contributed by atoms with van der Waals surface area (Å²) in [7, 11) is -4.73. The first-order chi connectivity index (χ1) is 9.79. The summed E-state index contributed by atoms with van der Waals surface area (Å²) in [6, 6.07) is 5.28. The molecule has 116 valence electrons. The van der Waals surface area contributed by atoms with E-state index in [1.165, 1.54) is 18.2 Å². The Morgan fingerprint density at radius 2 is 1.95 bits per heavy atom. The normalized spacial score (nSPS) is 17.3. The number of halogens is 2. The van der Waals surface area contributed by atoms with Crippen LogP contribution in [0.25, 0.3) is 0 Å². The number of hydrogen-bond acceptors (Lipinski definition) is 4. The Kier molecular flexibility index (Phi) is 4.18. The van der Waals surface area contributed by atoms with E-state index in [1.807, 2.05) is 0 Å². The molecule has 0 heterocycles. The number of aliphatic carboxylic acids is 1. The lowest BCUT2D eigenvalue weighted by atomic mass is 9.69. The number of nitrogens with one attached hydrogen (secondary N) is 1. The van der Waals surface area contributed by atoms with Crippen LogP contribution in [0, 0.1) is 5.41 Å². The number of anilines is 1. The topological polar surface area (TPSA) is 83.5 Å². The average Bonchev–Trinajstić information content (AvgIpc) is 2.37. The summed E-state index contributed by atoms with van der Waals surface area (Å²) < 4.78 is 48.5. The standard InChI is InChI=1S/C13H15F2NO4S/c14-12(15)21(19,20)10-5-2-1-4-9(10)16-8-13(11(17)18)6-3-7-13/h1-2,4-5,12,16H,3,6-8H2,(H,17,18). The third-order valence-electron chi connectivity index (χ3n) is 3.81. The van der Waals surface area contributed by atoms with Crippen molar-refractivity contribution in [2.75, 3.05) is 11.9 Å². The lowest BCUT2D eigenvalue weighted by Gasteiger charge is -2.38. The molecular formula is C13H15F2NO4S. The third kappa shape index (κ3) is 2.85. The molecule has 0 aliphatic heterocycles. The Morgan fingerprint density at radius 3 is 2.43 bits per heavy atom. The largest absolute Gasteiger partial charge is 0.481 e. The van der Waals surface area contributed by atoms with E-state index in [9.17, 15) is 27.1 Å². The molecule has 8 heteroatoms. The van der Waals surface area contributed by atoms with Gasteiger partial charge in [0.1, 0.15) is 0 Å². The van der Waals surface area contributed by atoms with Gasteiger partial charge in [-0.25, -0.2) is 8.42 Å². The molecular weight excluding hydrogens is 304 g/mol. The van der Waals surface area contributed by atoms with Gasteiger partial charge in [0, 0.05) is 6.54 Å². The summed E-state index contributed by atoms with van der Waals surface area (Å²) >= 11 is 0. The zero-order valence-corrected chi connectivity index (χ0v) is 11.9. The lowest BCUT2D eigenvalue weighted by Crippen LogP contribution is -2.43. The average molecular weight is 319 g/mol.